The van der Waals surface area contributed by atoms with Gasteiger partial charge in [-0.2, -0.15) is 0 Å². The summed E-state index contributed by atoms with van der Waals surface area (Å²) in [5.41, 5.74) is 6.64. The first kappa shape index (κ1) is 19.2. The third-order valence-corrected chi connectivity index (χ3v) is 4.48. The van der Waals surface area contributed by atoms with Crippen LogP contribution in [0.5, 0.6) is 0 Å². The minimum absolute atomic E-state index is 0.0468. The monoisotopic (exact) mass is 406 g/mol. The summed E-state index contributed by atoms with van der Waals surface area (Å²) in [6, 6.07) is 17.8. The molecule has 0 bridgehead atoms. The fourth-order valence-corrected chi connectivity index (χ4v) is 3.00. The lowest BCUT2D eigenvalue weighted by Gasteiger charge is -2.06. The Bertz CT molecular complexity index is 1240. The van der Waals surface area contributed by atoms with Gasteiger partial charge in [0.05, 0.1) is 5.52 Å². The number of amides is 2. The van der Waals surface area contributed by atoms with Gasteiger partial charge in [0, 0.05) is 24.6 Å². The van der Waals surface area contributed by atoms with Gasteiger partial charge in [0.1, 0.15) is 0 Å². The quantitative estimate of drug-likeness (QED) is 0.475. The zero-order chi connectivity index (χ0) is 20.9. The maximum atomic E-state index is 12.1. The SMILES string of the molecule is O=C(CCCn1c(=O)oc2ccccc21)NNC(=O)c1cc(-c2ccccc2)on1. The first-order valence-corrected chi connectivity index (χ1v) is 9.31. The van der Waals surface area contributed by atoms with E-state index in [1.54, 1.807) is 18.2 Å². The van der Waals surface area contributed by atoms with E-state index in [0.29, 0.717) is 29.8 Å². The highest BCUT2D eigenvalue weighted by molar-refractivity contribution is 5.94. The van der Waals surface area contributed by atoms with E-state index in [0.717, 1.165) is 5.56 Å². The summed E-state index contributed by atoms with van der Waals surface area (Å²) in [6.07, 6.45) is 0.508. The van der Waals surface area contributed by atoms with Crippen molar-refractivity contribution < 1.29 is 18.5 Å². The number of rotatable bonds is 6. The second-order valence-corrected chi connectivity index (χ2v) is 6.54. The summed E-state index contributed by atoms with van der Waals surface area (Å²) in [5, 5.41) is 3.72. The van der Waals surface area contributed by atoms with Crippen molar-refractivity contribution in [2.75, 3.05) is 0 Å². The first-order chi connectivity index (χ1) is 14.6. The van der Waals surface area contributed by atoms with Crippen LogP contribution in [-0.2, 0) is 11.3 Å². The molecule has 30 heavy (non-hydrogen) atoms. The third-order valence-electron chi connectivity index (χ3n) is 4.48. The van der Waals surface area contributed by atoms with Crippen molar-refractivity contribution >= 4 is 22.9 Å². The van der Waals surface area contributed by atoms with Crippen molar-refractivity contribution in [1.82, 2.24) is 20.6 Å². The predicted octanol–water partition coefficient (Wildman–Crippen LogP) is 2.49. The number of hydrogen-bond donors (Lipinski definition) is 2. The van der Waals surface area contributed by atoms with Crippen LogP contribution in [0.3, 0.4) is 0 Å². The molecule has 0 aliphatic rings. The third kappa shape index (κ3) is 4.14. The average Bonchev–Trinajstić information content (AvgIpc) is 3.38. The number of hydrogen-bond acceptors (Lipinski definition) is 6. The number of aryl methyl sites for hydroxylation is 1. The van der Waals surface area contributed by atoms with Crippen LogP contribution in [0.2, 0.25) is 0 Å². The molecule has 152 valence electrons. The molecule has 2 amide bonds. The van der Waals surface area contributed by atoms with E-state index in [-0.39, 0.29) is 12.1 Å². The van der Waals surface area contributed by atoms with Gasteiger partial charge < -0.3 is 8.94 Å². The minimum Gasteiger partial charge on any atom is -0.408 e. The number of carbonyl (C=O) groups excluding carboxylic acids is 2. The van der Waals surface area contributed by atoms with Crippen molar-refractivity contribution in [3.8, 4) is 11.3 Å². The van der Waals surface area contributed by atoms with Gasteiger partial charge in [-0.05, 0) is 18.6 Å². The zero-order valence-electron chi connectivity index (χ0n) is 15.8. The first-order valence-electron chi connectivity index (χ1n) is 9.31. The van der Waals surface area contributed by atoms with E-state index < -0.39 is 17.6 Å². The van der Waals surface area contributed by atoms with Crippen molar-refractivity contribution in [2.24, 2.45) is 0 Å². The lowest BCUT2D eigenvalue weighted by atomic mass is 10.1. The number of carbonyl (C=O) groups is 2. The Morgan fingerprint density at radius 3 is 2.60 bits per heavy atom. The summed E-state index contributed by atoms with van der Waals surface area (Å²) >= 11 is 0. The second-order valence-electron chi connectivity index (χ2n) is 6.54. The van der Waals surface area contributed by atoms with Gasteiger partial charge in [0.25, 0.3) is 5.91 Å². The number of nitrogens with zero attached hydrogens (tertiary/aromatic N) is 2. The molecule has 0 saturated heterocycles. The molecule has 2 aromatic heterocycles. The average molecular weight is 406 g/mol. The topological polar surface area (TPSA) is 119 Å². The van der Waals surface area contributed by atoms with Crippen LogP contribution >= 0.6 is 0 Å². The number of hydrazine groups is 1. The predicted molar refractivity (Wildman–Crippen MR) is 107 cm³/mol. The van der Waals surface area contributed by atoms with Gasteiger partial charge in [0.15, 0.2) is 17.0 Å². The van der Waals surface area contributed by atoms with Crippen molar-refractivity contribution in [2.45, 2.75) is 19.4 Å². The molecule has 2 N–H and O–H groups in total. The van der Waals surface area contributed by atoms with Crippen LogP contribution in [-0.4, -0.2) is 21.5 Å². The fourth-order valence-electron chi connectivity index (χ4n) is 3.00. The van der Waals surface area contributed by atoms with Crippen molar-refractivity contribution in [3.63, 3.8) is 0 Å². The van der Waals surface area contributed by atoms with E-state index >= 15 is 0 Å². The minimum atomic E-state index is -0.591. The number of para-hydroxylation sites is 2. The zero-order valence-corrected chi connectivity index (χ0v) is 15.8. The van der Waals surface area contributed by atoms with Gasteiger partial charge in [-0.15, -0.1) is 0 Å². The van der Waals surface area contributed by atoms with Crippen LogP contribution in [0, 0.1) is 0 Å². The molecule has 0 fully saturated rings. The van der Waals surface area contributed by atoms with Crippen LogP contribution in [0.4, 0.5) is 0 Å². The summed E-state index contributed by atoms with van der Waals surface area (Å²) in [5.74, 6) is -1.00. The Morgan fingerprint density at radius 1 is 1.00 bits per heavy atom. The molecule has 0 aliphatic carbocycles. The lowest BCUT2D eigenvalue weighted by molar-refractivity contribution is -0.122. The molecule has 0 unspecified atom stereocenters. The molecule has 0 saturated carbocycles. The fraction of sp³-hybridized carbons (Fsp3) is 0.143. The molecule has 0 radical (unpaired) electrons. The number of benzene rings is 2. The van der Waals surface area contributed by atoms with Gasteiger partial charge in [-0.25, -0.2) is 4.79 Å². The number of oxazole rings is 1. The van der Waals surface area contributed by atoms with Crippen molar-refractivity contribution in [1.29, 1.82) is 0 Å². The van der Waals surface area contributed by atoms with E-state index in [1.807, 2.05) is 36.4 Å². The summed E-state index contributed by atoms with van der Waals surface area (Å²) in [6.45, 7) is 0.320. The number of fused-ring (bicyclic) bond motifs is 1. The van der Waals surface area contributed by atoms with E-state index in [1.165, 1.54) is 10.6 Å². The highest BCUT2D eigenvalue weighted by Crippen LogP contribution is 2.19. The van der Waals surface area contributed by atoms with Crippen LogP contribution in [0.1, 0.15) is 23.3 Å². The van der Waals surface area contributed by atoms with Crippen LogP contribution < -0.4 is 16.6 Å². The maximum Gasteiger partial charge on any atom is 0.419 e. The molecule has 2 aromatic carbocycles. The standard InChI is InChI=1S/C21H18N4O5/c26-19(11-6-12-25-16-9-4-5-10-17(16)29-21(25)28)22-23-20(27)15-13-18(30-24-15)14-7-2-1-3-8-14/h1-5,7-10,13H,6,11-12H2,(H,22,26)(H,23,27). The van der Waals surface area contributed by atoms with Gasteiger partial charge in [-0.3, -0.25) is 25.0 Å². The summed E-state index contributed by atoms with van der Waals surface area (Å²) in [7, 11) is 0. The Labute approximate surface area is 170 Å². The molecule has 2 heterocycles. The summed E-state index contributed by atoms with van der Waals surface area (Å²) < 4.78 is 11.8. The van der Waals surface area contributed by atoms with Gasteiger partial charge in [0.2, 0.25) is 5.91 Å². The molecular weight excluding hydrogens is 388 g/mol. The Hall–Kier alpha value is -4.14. The largest absolute Gasteiger partial charge is 0.419 e. The van der Waals surface area contributed by atoms with E-state index in [2.05, 4.69) is 16.0 Å². The molecular formula is C21H18N4O5. The lowest BCUT2D eigenvalue weighted by Crippen LogP contribution is -2.41. The molecule has 9 heteroatoms. The molecule has 4 aromatic rings. The Kier molecular flexibility index (Phi) is 5.42. The normalized spacial score (nSPS) is 10.8. The van der Waals surface area contributed by atoms with Gasteiger partial charge >= 0.3 is 5.76 Å². The molecule has 9 nitrogen and oxygen atoms in total. The Morgan fingerprint density at radius 2 is 1.77 bits per heavy atom. The molecule has 0 aliphatic heterocycles. The Balaban J connectivity index is 1.27. The molecule has 0 atom stereocenters. The number of aromatic nitrogens is 2. The van der Waals surface area contributed by atoms with E-state index in [9.17, 15) is 14.4 Å². The van der Waals surface area contributed by atoms with Crippen LogP contribution in [0.25, 0.3) is 22.4 Å². The van der Waals surface area contributed by atoms with E-state index in [4.69, 9.17) is 8.94 Å². The number of nitrogens with one attached hydrogen (secondary N) is 2. The molecule has 4 rings (SSSR count). The summed E-state index contributed by atoms with van der Waals surface area (Å²) in [4.78, 5) is 36.1. The molecule has 0 spiro atoms. The smallest absolute Gasteiger partial charge is 0.408 e. The van der Waals surface area contributed by atoms with Gasteiger partial charge in [-0.1, -0.05) is 47.6 Å². The maximum absolute atomic E-state index is 12.1. The highest BCUT2D eigenvalue weighted by Gasteiger charge is 2.14. The second kappa shape index (κ2) is 8.48. The highest BCUT2D eigenvalue weighted by atomic mass is 16.5. The van der Waals surface area contributed by atoms with Crippen LogP contribution in [0.15, 0.2) is 74.4 Å². The van der Waals surface area contributed by atoms with Crippen molar-refractivity contribution in [3.05, 3.63) is 76.9 Å².